The summed E-state index contributed by atoms with van der Waals surface area (Å²) in [5.74, 6) is 0.343. The molecule has 1 saturated heterocycles. The second-order valence-corrected chi connectivity index (χ2v) is 5.47. The number of likely N-dealkylation sites (tertiary alicyclic amines) is 1. The van der Waals surface area contributed by atoms with Gasteiger partial charge in [0, 0.05) is 19.6 Å². The zero-order chi connectivity index (χ0) is 12.3. The van der Waals surface area contributed by atoms with E-state index in [1.807, 2.05) is 19.2 Å². The summed E-state index contributed by atoms with van der Waals surface area (Å²) < 4.78 is 0. The average molecular weight is 234 g/mol. The number of nitrogens with one attached hydrogen (secondary N) is 1. The van der Waals surface area contributed by atoms with E-state index in [-0.39, 0.29) is 0 Å². The lowest BCUT2D eigenvalue weighted by molar-refractivity contribution is 0.265. The lowest BCUT2D eigenvalue weighted by atomic mass is 9.90. The molecular weight excluding hydrogens is 212 g/mol. The number of hydrogen-bond acceptors (Lipinski definition) is 3. The van der Waals surface area contributed by atoms with Crippen LogP contribution in [-0.4, -0.2) is 36.7 Å². The van der Waals surface area contributed by atoms with Gasteiger partial charge in [-0.2, -0.15) is 0 Å². The Bertz CT molecular complexity index is 363. The topological polar surface area (TPSA) is 35.5 Å². The van der Waals surface area contributed by atoms with Crippen molar-refractivity contribution in [2.24, 2.45) is 5.41 Å². The lowest BCUT2D eigenvalue weighted by Gasteiger charge is -2.24. The van der Waals surface area contributed by atoms with E-state index in [4.69, 9.17) is 0 Å². The van der Waals surface area contributed by atoms with Crippen molar-refractivity contribution in [3.8, 4) is 5.75 Å². The molecule has 0 saturated carbocycles. The van der Waals surface area contributed by atoms with Crippen LogP contribution < -0.4 is 5.32 Å². The molecule has 1 fully saturated rings. The first-order valence-corrected chi connectivity index (χ1v) is 6.26. The summed E-state index contributed by atoms with van der Waals surface area (Å²) in [6, 6.07) is 7.53. The predicted octanol–water partition coefficient (Wildman–Crippen LogP) is 1.82. The zero-order valence-corrected chi connectivity index (χ0v) is 10.7. The Morgan fingerprint density at radius 3 is 2.71 bits per heavy atom. The third kappa shape index (κ3) is 3.20. The number of nitrogens with zero attached hydrogens (tertiary/aromatic N) is 1. The number of benzene rings is 1. The molecule has 0 bridgehead atoms. The van der Waals surface area contributed by atoms with Crippen LogP contribution in [0.5, 0.6) is 5.75 Å². The Hall–Kier alpha value is -1.06. The first-order chi connectivity index (χ1) is 8.11. The molecular formula is C14H22N2O. The maximum atomic E-state index is 9.25. The Morgan fingerprint density at radius 1 is 1.35 bits per heavy atom. The summed E-state index contributed by atoms with van der Waals surface area (Å²) in [5, 5.41) is 12.5. The molecule has 2 rings (SSSR count). The minimum Gasteiger partial charge on any atom is -0.508 e. The second-order valence-electron chi connectivity index (χ2n) is 5.47. The summed E-state index contributed by atoms with van der Waals surface area (Å²) in [6.07, 6.45) is 1.26. The Kier molecular flexibility index (Phi) is 3.69. The lowest BCUT2D eigenvalue weighted by Crippen LogP contribution is -2.32. The van der Waals surface area contributed by atoms with Gasteiger partial charge in [-0.25, -0.2) is 0 Å². The van der Waals surface area contributed by atoms with Crippen molar-refractivity contribution in [1.29, 1.82) is 0 Å². The summed E-state index contributed by atoms with van der Waals surface area (Å²) in [7, 11) is 2.02. The number of rotatable bonds is 4. The van der Waals surface area contributed by atoms with Crippen LogP contribution >= 0.6 is 0 Å². The van der Waals surface area contributed by atoms with Crippen LogP contribution in [-0.2, 0) is 6.54 Å². The first-order valence-electron chi connectivity index (χ1n) is 6.26. The van der Waals surface area contributed by atoms with E-state index in [0.717, 1.165) is 19.6 Å². The smallest absolute Gasteiger partial charge is 0.115 e. The highest BCUT2D eigenvalue weighted by Gasteiger charge is 2.32. The van der Waals surface area contributed by atoms with Gasteiger partial charge in [0.15, 0.2) is 0 Å². The SMILES string of the molecule is CNCC1(C)CCN(Cc2ccc(O)cc2)C1. The minimum atomic E-state index is 0.343. The molecule has 0 aliphatic carbocycles. The molecule has 1 unspecified atom stereocenters. The number of aromatic hydroxyl groups is 1. The predicted molar refractivity (Wildman–Crippen MR) is 70.0 cm³/mol. The highest BCUT2D eigenvalue weighted by molar-refractivity contribution is 5.25. The molecule has 0 spiro atoms. The van der Waals surface area contributed by atoms with Crippen LogP contribution in [0.15, 0.2) is 24.3 Å². The third-order valence-corrected chi connectivity index (χ3v) is 3.58. The summed E-state index contributed by atoms with van der Waals surface area (Å²) in [6.45, 7) is 6.73. The monoisotopic (exact) mass is 234 g/mol. The van der Waals surface area contributed by atoms with Gasteiger partial charge < -0.3 is 10.4 Å². The van der Waals surface area contributed by atoms with Crippen molar-refractivity contribution in [2.75, 3.05) is 26.7 Å². The van der Waals surface area contributed by atoms with E-state index >= 15 is 0 Å². The average Bonchev–Trinajstić information content (AvgIpc) is 2.64. The molecule has 0 amide bonds. The fourth-order valence-corrected chi connectivity index (χ4v) is 2.69. The number of hydrogen-bond donors (Lipinski definition) is 2. The van der Waals surface area contributed by atoms with Crippen LogP contribution in [0.4, 0.5) is 0 Å². The van der Waals surface area contributed by atoms with Gasteiger partial charge >= 0.3 is 0 Å². The van der Waals surface area contributed by atoms with Crippen LogP contribution in [0.25, 0.3) is 0 Å². The molecule has 1 aliphatic rings. The quantitative estimate of drug-likeness (QED) is 0.834. The second kappa shape index (κ2) is 5.07. The highest BCUT2D eigenvalue weighted by atomic mass is 16.3. The minimum absolute atomic E-state index is 0.343. The first kappa shape index (κ1) is 12.4. The molecule has 1 aliphatic heterocycles. The Morgan fingerprint density at radius 2 is 2.06 bits per heavy atom. The van der Waals surface area contributed by atoms with E-state index in [9.17, 15) is 5.11 Å². The van der Waals surface area contributed by atoms with Crippen LogP contribution in [0, 0.1) is 5.41 Å². The summed E-state index contributed by atoms with van der Waals surface area (Å²) in [5.41, 5.74) is 1.68. The fourth-order valence-electron chi connectivity index (χ4n) is 2.69. The molecule has 1 aromatic carbocycles. The van der Waals surface area contributed by atoms with E-state index in [1.54, 1.807) is 12.1 Å². The van der Waals surface area contributed by atoms with E-state index in [0.29, 0.717) is 11.2 Å². The maximum Gasteiger partial charge on any atom is 0.115 e. The fraction of sp³-hybridized carbons (Fsp3) is 0.571. The molecule has 0 radical (unpaired) electrons. The molecule has 1 heterocycles. The van der Waals surface area contributed by atoms with Crippen molar-refractivity contribution < 1.29 is 5.11 Å². The normalized spacial score (nSPS) is 25.3. The van der Waals surface area contributed by atoms with Gasteiger partial charge in [-0.3, -0.25) is 4.90 Å². The van der Waals surface area contributed by atoms with Crippen molar-refractivity contribution in [3.63, 3.8) is 0 Å². The van der Waals surface area contributed by atoms with Crippen molar-refractivity contribution in [2.45, 2.75) is 19.9 Å². The van der Waals surface area contributed by atoms with Crippen molar-refractivity contribution in [3.05, 3.63) is 29.8 Å². The van der Waals surface area contributed by atoms with Gasteiger partial charge in [-0.15, -0.1) is 0 Å². The van der Waals surface area contributed by atoms with Gasteiger partial charge in [0.2, 0.25) is 0 Å². The van der Waals surface area contributed by atoms with Gasteiger partial charge in [0.05, 0.1) is 0 Å². The van der Waals surface area contributed by atoms with Gasteiger partial charge in [0.25, 0.3) is 0 Å². The Balaban J connectivity index is 1.91. The third-order valence-electron chi connectivity index (χ3n) is 3.58. The Labute approximate surface area is 103 Å². The van der Waals surface area contributed by atoms with Crippen LogP contribution in [0.1, 0.15) is 18.9 Å². The summed E-state index contributed by atoms with van der Waals surface area (Å²) in [4.78, 5) is 2.49. The molecule has 3 heteroatoms. The largest absolute Gasteiger partial charge is 0.508 e. The number of phenolic OH excluding ortho intramolecular Hbond substituents is 1. The molecule has 3 nitrogen and oxygen atoms in total. The van der Waals surface area contributed by atoms with E-state index in [1.165, 1.54) is 18.5 Å². The molecule has 2 N–H and O–H groups in total. The van der Waals surface area contributed by atoms with Crippen molar-refractivity contribution in [1.82, 2.24) is 10.2 Å². The standard InChI is InChI=1S/C14H22N2O/c1-14(10-15-2)7-8-16(11-14)9-12-3-5-13(17)6-4-12/h3-6,15,17H,7-11H2,1-2H3. The zero-order valence-electron chi connectivity index (χ0n) is 10.7. The van der Waals surface area contributed by atoms with Gasteiger partial charge in [0.1, 0.15) is 5.75 Å². The van der Waals surface area contributed by atoms with Gasteiger partial charge in [-0.1, -0.05) is 19.1 Å². The van der Waals surface area contributed by atoms with Crippen LogP contribution in [0.2, 0.25) is 0 Å². The van der Waals surface area contributed by atoms with Gasteiger partial charge in [-0.05, 0) is 43.1 Å². The molecule has 17 heavy (non-hydrogen) atoms. The molecule has 94 valence electrons. The van der Waals surface area contributed by atoms with Crippen molar-refractivity contribution >= 4 is 0 Å². The molecule has 1 atom stereocenters. The highest BCUT2D eigenvalue weighted by Crippen LogP contribution is 2.30. The van der Waals surface area contributed by atoms with E-state index in [2.05, 4.69) is 17.1 Å². The number of phenols is 1. The van der Waals surface area contributed by atoms with Crippen LogP contribution in [0.3, 0.4) is 0 Å². The molecule has 0 aromatic heterocycles. The molecule has 1 aromatic rings. The summed E-state index contributed by atoms with van der Waals surface area (Å²) >= 11 is 0. The van der Waals surface area contributed by atoms with E-state index < -0.39 is 0 Å². The maximum absolute atomic E-state index is 9.25.